The molecule has 0 bridgehead atoms. The number of aromatic hydroxyl groups is 1. The van der Waals surface area contributed by atoms with Crippen molar-refractivity contribution in [3.63, 3.8) is 0 Å². The zero-order chi connectivity index (χ0) is 9.26. The average Bonchev–Trinajstić information content (AvgIpc) is 2.49. The third-order valence-corrected chi connectivity index (χ3v) is 2.79. The minimum absolute atomic E-state index is 0.335. The van der Waals surface area contributed by atoms with Gasteiger partial charge in [-0.1, -0.05) is 0 Å². The molecule has 0 aliphatic heterocycles. The van der Waals surface area contributed by atoms with Gasteiger partial charge in [-0.05, 0) is 25.1 Å². The van der Waals surface area contributed by atoms with Gasteiger partial charge in [-0.3, -0.25) is 0 Å². The topological polar surface area (TPSA) is 29.5 Å². The third kappa shape index (κ3) is 1.47. The maximum Gasteiger partial charge on any atom is 0.134 e. The lowest BCUT2D eigenvalue weighted by molar-refractivity contribution is 0.340. The van der Waals surface area contributed by atoms with Gasteiger partial charge in [0.25, 0.3) is 0 Å². The highest BCUT2D eigenvalue weighted by Gasteiger charge is 2.03. The smallest absolute Gasteiger partial charge is 0.134 e. The van der Waals surface area contributed by atoms with Gasteiger partial charge in [0, 0.05) is 15.5 Å². The van der Waals surface area contributed by atoms with Crippen LogP contribution in [0.5, 0.6) is 11.5 Å². The van der Waals surface area contributed by atoms with Crippen LogP contribution in [-0.4, -0.2) is 11.7 Å². The summed E-state index contributed by atoms with van der Waals surface area (Å²) in [4.78, 5) is 0. The highest BCUT2D eigenvalue weighted by molar-refractivity contribution is 7.17. The molecule has 2 nitrogen and oxygen atoms in total. The van der Waals surface area contributed by atoms with E-state index >= 15 is 0 Å². The molecule has 2 aromatic rings. The molecule has 0 fully saturated rings. The summed E-state index contributed by atoms with van der Waals surface area (Å²) in [5.74, 6) is 1.14. The Hall–Kier alpha value is -1.22. The van der Waals surface area contributed by atoms with Gasteiger partial charge in [-0.25, -0.2) is 0 Å². The van der Waals surface area contributed by atoms with Crippen LogP contribution in [0.4, 0.5) is 0 Å². The zero-order valence-corrected chi connectivity index (χ0v) is 8.10. The molecule has 1 aromatic carbocycles. The molecule has 0 spiro atoms. The van der Waals surface area contributed by atoms with Crippen molar-refractivity contribution in [3.05, 3.63) is 23.6 Å². The maximum atomic E-state index is 9.46. The Labute approximate surface area is 80.4 Å². The van der Waals surface area contributed by atoms with Crippen LogP contribution in [0.2, 0.25) is 0 Å². The van der Waals surface area contributed by atoms with Crippen molar-refractivity contribution < 1.29 is 9.84 Å². The largest absolute Gasteiger partial charge is 0.506 e. The Balaban J connectivity index is 2.53. The average molecular weight is 194 g/mol. The fraction of sp³-hybridized carbons (Fsp3) is 0.200. The maximum absolute atomic E-state index is 9.46. The molecule has 0 saturated heterocycles. The van der Waals surface area contributed by atoms with Crippen molar-refractivity contribution in [3.8, 4) is 11.5 Å². The van der Waals surface area contributed by atoms with E-state index in [1.54, 1.807) is 5.38 Å². The first-order valence-corrected chi connectivity index (χ1v) is 5.02. The van der Waals surface area contributed by atoms with Crippen LogP contribution in [0.1, 0.15) is 6.92 Å². The number of fused-ring (bicyclic) bond motifs is 1. The summed E-state index contributed by atoms with van der Waals surface area (Å²) in [6.07, 6.45) is 0. The minimum atomic E-state index is 0.335. The van der Waals surface area contributed by atoms with Gasteiger partial charge < -0.3 is 9.84 Å². The fourth-order valence-corrected chi connectivity index (χ4v) is 2.05. The van der Waals surface area contributed by atoms with E-state index in [9.17, 15) is 5.11 Å². The molecule has 0 saturated carbocycles. The Morgan fingerprint density at radius 2 is 2.31 bits per heavy atom. The van der Waals surface area contributed by atoms with Crippen molar-refractivity contribution >= 4 is 21.4 Å². The second-order valence-electron chi connectivity index (χ2n) is 2.71. The molecule has 0 unspecified atom stereocenters. The zero-order valence-electron chi connectivity index (χ0n) is 7.28. The van der Waals surface area contributed by atoms with Crippen LogP contribution in [0.25, 0.3) is 10.1 Å². The van der Waals surface area contributed by atoms with Gasteiger partial charge in [0.15, 0.2) is 0 Å². The number of benzene rings is 1. The molecule has 0 atom stereocenters. The molecule has 0 amide bonds. The Kier molecular flexibility index (Phi) is 2.10. The first-order chi connectivity index (χ1) is 6.31. The highest BCUT2D eigenvalue weighted by atomic mass is 32.1. The monoisotopic (exact) mass is 194 g/mol. The molecular weight excluding hydrogens is 184 g/mol. The summed E-state index contributed by atoms with van der Waals surface area (Å²) < 4.78 is 6.42. The van der Waals surface area contributed by atoms with E-state index in [2.05, 4.69) is 0 Å². The summed E-state index contributed by atoms with van der Waals surface area (Å²) in [6, 6.07) is 5.75. The predicted molar refractivity (Wildman–Crippen MR) is 54.7 cm³/mol. The first-order valence-electron chi connectivity index (χ1n) is 4.14. The van der Waals surface area contributed by atoms with E-state index in [1.165, 1.54) is 11.3 Å². The van der Waals surface area contributed by atoms with Crippen LogP contribution in [0, 0.1) is 0 Å². The van der Waals surface area contributed by atoms with E-state index in [4.69, 9.17) is 4.74 Å². The van der Waals surface area contributed by atoms with Crippen LogP contribution in [0.3, 0.4) is 0 Å². The van der Waals surface area contributed by atoms with E-state index in [-0.39, 0.29) is 0 Å². The van der Waals surface area contributed by atoms with Crippen LogP contribution >= 0.6 is 11.3 Å². The van der Waals surface area contributed by atoms with E-state index in [0.717, 1.165) is 15.8 Å². The lowest BCUT2D eigenvalue weighted by Gasteiger charge is -2.01. The number of rotatable bonds is 2. The van der Waals surface area contributed by atoms with Crippen molar-refractivity contribution in [1.29, 1.82) is 0 Å². The Morgan fingerprint density at radius 1 is 1.46 bits per heavy atom. The summed E-state index contributed by atoms with van der Waals surface area (Å²) in [5, 5.41) is 12.1. The van der Waals surface area contributed by atoms with Gasteiger partial charge in [0.2, 0.25) is 0 Å². The molecule has 0 radical (unpaired) electrons. The number of thiophene rings is 1. The summed E-state index contributed by atoms with van der Waals surface area (Å²) in [5.41, 5.74) is 0. The fourth-order valence-electron chi connectivity index (χ4n) is 1.25. The van der Waals surface area contributed by atoms with Crippen LogP contribution in [-0.2, 0) is 0 Å². The third-order valence-electron chi connectivity index (χ3n) is 1.84. The van der Waals surface area contributed by atoms with Gasteiger partial charge >= 0.3 is 0 Å². The lowest BCUT2D eigenvalue weighted by Crippen LogP contribution is -1.89. The van der Waals surface area contributed by atoms with Gasteiger partial charge in [-0.2, -0.15) is 0 Å². The minimum Gasteiger partial charge on any atom is -0.506 e. The molecule has 68 valence electrons. The van der Waals surface area contributed by atoms with Gasteiger partial charge in [0.1, 0.15) is 11.5 Å². The molecular formula is C10H10O2S. The second-order valence-corrected chi connectivity index (χ2v) is 3.62. The molecule has 0 aliphatic rings. The lowest BCUT2D eigenvalue weighted by atomic mass is 10.2. The van der Waals surface area contributed by atoms with Crippen molar-refractivity contribution in [2.24, 2.45) is 0 Å². The molecule has 1 aromatic heterocycles. The van der Waals surface area contributed by atoms with Crippen molar-refractivity contribution in [2.75, 3.05) is 6.61 Å². The molecule has 13 heavy (non-hydrogen) atoms. The predicted octanol–water partition coefficient (Wildman–Crippen LogP) is 3.01. The molecule has 2 rings (SSSR count). The SMILES string of the molecule is CCOc1ccc2scc(O)c2c1. The van der Waals surface area contributed by atoms with Gasteiger partial charge in [-0.15, -0.1) is 11.3 Å². The standard InChI is InChI=1S/C10H10O2S/c1-2-12-7-3-4-10-8(5-7)9(11)6-13-10/h3-6,11H,2H2,1H3. The van der Waals surface area contributed by atoms with Gasteiger partial charge in [0.05, 0.1) is 6.61 Å². The molecule has 1 N–H and O–H groups in total. The summed E-state index contributed by atoms with van der Waals surface area (Å²) in [6.45, 7) is 2.59. The van der Waals surface area contributed by atoms with E-state index in [0.29, 0.717) is 12.4 Å². The number of ether oxygens (including phenoxy) is 1. The quantitative estimate of drug-likeness (QED) is 0.796. The molecule has 0 aliphatic carbocycles. The molecule has 1 heterocycles. The van der Waals surface area contributed by atoms with Crippen molar-refractivity contribution in [1.82, 2.24) is 0 Å². The van der Waals surface area contributed by atoms with Crippen molar-refractivity contribution in [2.45, 2.75) is 6.92 Å². The van der Waals surface area contributed by atoms with E-state index in [1.807, 2.05) is 25.1 Å². The number of hydrogen-bond acceptors (Lipinski definition) is 3. The molecule has 3 heteroatoms. The summed E-state index contributed by atoms with van der Waals surface area (Å²) >= 11 is 1.54. The Morgan fingerprint density at radius 3 is 3.08 bits per heavy atom. The second kappa shape index (κ2) is 3.26. The number of hydrogen-bond donors (Lipinski definition) is 1. The first kappa shape index (κ1) is 8.38. The normalized spacial score (nSPS) is 10.5. The Bertz CT molecular complexity index is 420. The highest BCUT2D eigenvalue weighted by Crippen LogP contribution is 2.33. The van der Waals surface area contributed by atoms with E-state index < -0.39 is 0 Å². The summed E-state index contributed by atoms with van der Waals surface area (Å²) in [7, 11) is 0. The van der Waals surface area contributed by atoms with Crippen LogP contribution < -0.4 is 4.74 Å². The van der Waals surface area contributed by atoms with Crippen LogP contribution in [0.15, 0.2) is 23.6 Å².